The van der Waals surface area contributed by atoms with Gasteiger partial charge in [0.25, 0.3) is 0 Å². The van der Waals surface area contributed by atoms with Crippen molar-refractivity contribution in [1.82, 2.24) is 4.90 Å². The summed E-state index contributed by atoms with van der Waals surface area (Å²) in [6.07, 6.45) is 6.28. The van der Waals surface area contributed by atoms with Crippen molar-refractivity contribution in [3.05, 3.63) is 0 Å². The van der Waals surface area contributed by atoms with Crippen LogP contribution < -0.4 is 0 Å². The molecule has 1 N–H and O–H groups in total. The molecule has 0 bridgehead atoms. The van der Waals surface area contributed by atoms with Gasteiger partial charge in [-0.3, -0.25) is 4.79 Å². The van der Waals surface area contributed by atoms with Crippen molar-refractivity contribution in [2.45, 2.75) is 51.0 Å². The highest BCUT2D eigenvalue weighted by atomic mass is 16.3. The third-order valence-electron chi connectivity index (χ3n) is 5.17. The Morgan fingerprint density at radius 3 is 2.82 bits per heavy atom. The summed E-state index contributed by atoms with van der Waals surface area (Å²) < 4.78 is 0. The zero-order valence-corrected chi connectivity index (χ0v) is 10.7. The first kappa shape index (κ1) is 11.5. The average Bonchev–Trinajstić information content (AvgIpc) is 3.04. The minimum atomic E-state index is -0.454. The Labute approximate surface area is 103 Å². The van der Waals surface area contributed by atoms with Crippen LogP contribution in [-0.4, -0.2) is 34.6 Å². The van der Waals surface area contributed by atoms with Crippen LogP contribution in [0.15, 0.2) is 0 Å². The van der Waals surface area contributed by atoms with Crippen molar-refractivity contribution in [2.24, 2.45) is 17.8 Å². The lowest BCUT2D eigenvalue weighted by molar-refractivity contribution is -0.144. The van der Waals surface area contributed by atoms with Crippen LogP contribution in [0.1, 0.15) is 45.4 Å². The van der Waals surface area contributed by atoms with Crippen LogP contribution in [-0.2, 0) is 4.79 Å². The molecule has 4 unspecified atom stereocenters. The van der Waals surface area contributed by atoms with Crippen molar-refractivity contribution in [3.8, 4) is 0 Å². The molecule has 96 valence electrons. The van der Waals surface area contributed by atoms with Crippen LogP contribution in [0.5, 0.6) is 0 Å². The first-order valence-electron chi connectivity index (χ1n) is 7.11. The second-order valence-electron chi connectivity index (χ2n) is 6.40. The zero-order valence-electron chi connectivity index (χ0n) is 10.7. The average molecular weight is 237 g/mol. The fourth-order valence-corrected chi connectivity index (χ4v) is 3.67. The summed E-state index contributed by atoms with van der Waals surface area (Å²) in [4.78, 5) is 14.2. The summed E-state index contributed by atoms with van der Waals surface area (Å²) in [6, 6.07) is 0. The topological polar surface area (TPSA) is 40.5 Å². The van der Waals surface area contributed by atoms with E-state index in [9.17, 15) is 9.90 Å². The number of aliphatic hydroxyl groups is 1. The molecule has 3 fully saturated rings. The number of carbonyl (C=O) groups is 1. The lowest BCUT2D eigenvalue weighted by atomic mass is 9.71. The smallest absolute Gasteiger partial charge is 0.225 e. The van der Waals surface area contributed by atoms with Crippen molar-refractivity contribution in [2.75, 3.05) is 13.1 Å². The van der Waals surface area contributed by atoms with Crippen LogP contribution in [0.4, 0.5) is 0 Å². The maximum Gasteiger partial charge on any atom is 0.225 e. The molecule has 0 spiro atoms. The van der Waals surface area contributed by atoms with Gasteiger partial charge in [0.05, 0.1) is 5.60 Å². The highest BCUT2D eigenvalue weighted by molar-refractivity contribution is 5.81. The van der Waals surface area contributed by atoms with Gasteiger partial charge in [-0.25, -0.2) is 0 Å². The molecule has 1 amide bonds. The maximum atomic E-state index is 12.2. The minimum Gasteiger partial charge on any atom is -0.389 e. The number of nitrogens with zero attached hydrogens (tertiary/aromatic N) is 1. The number of hydrogen-bond donors (Lipinski definition) is 1. The summed E-state index contributed by atoms with van der Waals surface area (Å²) in [5.41, 5.74) is -0.454. The Hall–Kier alpha value is -0.570. The quantitative estimate of drug-likeness (QED) is 0.755. The van der Waals surface area contributed by atoms with Gasteiger partial charge in [-0.2, -0.15) is 0 Å². The Morgan fingerprint density at radius 1 is 1.35 bits per heavy atom. The number of likely N-dealkylation sites (tertiary alicyclic amines) is 1. The number of fused-ring (bicyclic) bond motifs is 1. The van der Waals surface area contributed by atoms with Gasteiger partial charge in [0.2, 0.25) is 5.91 Å². The number of carbonyl (C=O) groups excluding carboxylic acids is 1. The molecule has 0 aromatic rings. The van der Waals surface area contributed by atoms with Gasteiger partial charge in [0, 0.05) is 24.9 Å². The lowest BCUT2D eigenvalue weighted by Crippen LogP contribution is -2.55. The fourth-order valence-electron chi connectivity index (χ4n) is 3.67. The molecule has 17 heavy (non-hydrogen) atoms. The van der Waals surface area contributed by atoms with E-state index in [0.29, 0.717) is 23.7 Å². The van der Waals surface area contributed by atoms with Crippen molar-refractivity contribution in [3.63, 3.8) is 0 Å². The van der Waals surface area contributed by atoms with Gasteiger partial charge >= 0.3 is 0 Å². The Morgan fingerprint density at radius 2 is 2.12 bits per heavy atom. The Balaban J connectivity index is 1.65. The van der Waals surface area contributed by atoms with E-state index in [2.05, 4.69) is 6.92 Å². The summed E-state index contributed by atoms with van der Waals surface area (Å²) >= 11 is 0. The Bertz CT molecular complexity index is 330. The highest BCUT2D eigenvalue weighted by Crippen LogP contribution is 2.43. The largest absolute Gasteiger partial charge is 0.389 e. The normalized spacial score (nSPS) is 45.3. The van der Waals surface area contributed by atoms with Crippen molar-refractivity contribution < 1.29 is 9.90 Å². The predicted molar refractivity (Wildman–Crippen MR) is 65.4 cm³/mol. The summed E-state index contributed by atoms with van der Waals surface area (Å²) in [5, 5.41) is 10.6. The Kier molecular flexibility index (Phi) is 2.69. The molecule has 2 aliphatic carbocycles. The van der Waals surface area contributed by atoms with Crippen LogP contribution in [0.2, 0.25) is 0 Å². The molecule has 0 radical (unpaired) electrons. The molecular formula is C14H23NO2. The monoisotopic (exact) mass is 237 g/mol. The van der Waals surface area contributed by atoms with Gasteiger partial charge in [-0.1, -0.05) is 19.8 Å². The van der Waals surface area contributed by atoms with Gasteiger partial charge in [-0.15, -0.1) is 0 Å². The van der Waals surface area contributed by atoms with E-state index in [1.165, 1.54) is 6.42 Å². The van der Waals surface area contributed by atoms with E-state index in [4.69, 9.17) is 0 Å². The maximum absolute atomic E-state index is 12.2. The van der Waals surface area contributed by atoms with E-state index in [1.54, 1.807) is 0 Å². The predicted octanol–water partition coefficient (Wildman–Crippen LogP) is 1.80. The molecule has 1 saturated heterocycles. The van der Waals surface area contributed by atoms with E-state index in [-0.39, 0.29) is 0 Å². The van der Waals surface area contributed by atoms with E-state index >= 15 is 0 Å². The van der Waals surface area contributed by atoms with Crippen LogP contribution in [0.25, 0.3) is 0 Å². The lowest BCUT2D eigenvalue weighted by Gasteiger charge is -2.47. The van der Waals surface area contributed by atoms with Crippen molar-refractivity contribution in [1.29, 1.82) is 0 Å². The SMILES string of the molecule is CC1CC1C(=O)N1CCC2(O)CCCCC2C1. The molecule has 3 nitrogen and oxygen atoms in total. The first-order chi connectivity index (χ1) is 8.10. The molecule has 4 atom stereocenters. The van der Waals surface area contributed by atoms with Gasteiger partial charge in [0.1, 0.15) is 0 Å². The summed E-state index contributed by atoms with van der Waals surface area (Å²) in [5.74, 6) is 1.58. The fraction of sp³-hybridized carbons (Fsp3) is 0.929. The van der Waals surface area contributed by atoms with Crippen LogP contribution >= 0.6 is 0 Å². The minimum absolute atomic E-state index is 0.296. The summed E-state index contributed by atoms with van der Waals surface area (Å²) in [6.45, 7) is 3.73. The third-order valence-corrected chi connectivity index (χ3v) is 5.17. The van der Waals surface area contributed by atoms with Gasteiger partial charge in [0.15, 0.2) is 0 Å². The van der Waals surface area contributed by atoms with Gasteiger partial charge < -0.3 is 10.0 Å². The van der Waals surface area contributed by atoms with Gasteiger partial charge in [-0.05, 0) is 31.6 Å². The second kappa shape index (κ2) is 3.98. The molecule has 0 aromatic heterocycles. The van der Waals surface area contributed by atoms with E-state index < -0.39 is 5.60 Å². The molecule has 2 saturated carbocycles. The summed E-state index contributed by atoms with van der Waals surface area (Å²) in [7, 11) is 0. The van der Waals surface area contributed by atoms with E-state index in [1.807, 2.05) is 4.90 Å². The number of hydrogen-bond acceptors (Lipinski definition) is 2. The number of rotatable bonds is 1. The molecular weight excluding hydrogens is 214 g/mol. The third kappa shape index (κ3) is 1.99. The van der Waals surface area contributed by atoms with Crippen molar-refractivity contribution >= 4 is 5.91 Å². The molecule has 3 rings (SSSR count). The van der Waals surface area contributed by atoms with Crippen LogP contribution in [0, 0.1) is 17.8 Å². The standard InChI is InChI=1S/C14H23NO2/c1-10-8-12(10)13(16)15-7-6-14(17)5-3-2-4-11(14)9-15/h10-12,17H,2-9H2,1H3. The number of piperidine rings is 1. The number of amides is 1. The molecule has 0 aromatic carbocycles. The molecule has 1 aliphatic heterocycles. The molecule has 3 aliphatic rings. The van der Waals surface area contributed by atoms with E-state index in [0.717, 1.165) is 45.2 Å². The highest BCUT2D eigenvalue weighted by Gasteiger charge is 2.47. The molecule has 3 heteroatoms. The molecule has 1 heterocycles. The zero-order chi connectivity index (χ0) is 12.0. The van der Waals surface area contributed by atoms with Crippen LogP contribution in [0.3, 0.4) is 0 Å². The first-order valence-corrected chi connectivity index (χ1v) is 7.11. The second-order valence-corrected chi connectivity index (χ2v) is 6.40.